The maximum Gasteiger partial charge on any atom is 0.335 e. The van der Waals surface area contributed by atoms with Gasteiger partial charge in [0.1, 0.15) is 12.0 Å². The van der Waals surface area contributed by atoms with Crippen LogP contribution in [-0.2, 0) is 0 Å². The van der Waals surface area contributed by atoms with Gasteiger partial charge in [0.25, 0.3) is 0 Å². The molecule has 1 aromatic carbocycles. The predicted octanol–water partition coefficient (Wildman–Crippen LogP) is 1.64. The molecular formula is C17H22N6O2. The van der Waals surface area contributed by atoms with E-state index in [2.05, 4.69) is 32.0 Å². The molecule has 0 spiro atoms. The topological polar surface area (TPSA) is 108 Å². The van der Waals surface area contributed by atoms with Gasteiger partial charge in [-0.2, -0.15) is 0 Å². The van der Waals surface area contributed by atoms with Crippen LogP contribution in [0.3, 0.4) is 0 Å². The number of likely N-dealkylation sites (N-methyl/N-ethyl adjacent to an activating group) is 1. The quantitative estimate of drug-likeness (QED) is 0.753. The maximum absolute atomic E-state index is 10.9. The number of anilines is 4. The Hall–Kier alpha value is -2.87. The average molecular weight is 342 g/mol. The van der Waals surface area contributed by atoms with Gasteiger partial charge in [0, 0.05) is 31.9 Å². The van der Waals surface area contributed by atoms with Gasteiger partial charge in [0.2, 0.25) is 0 Å². The zero-order valence-electron chi connectivity index (χ0n) is 14.1. The third-order valence-electron chi connectivity index (χ3n) is 4.38. The van der Waals surface area contributed by atoms with Gasteiger partial charge in [0.05, 0.1) is 5.56 Å². The number of carboxylic acids is 1. The lowest BCUT2D eigenvalue weighted by atomic mass is 10.2. The molecule has 2 heterocycles. The van der Waals surface area contributed by atoms with E-state index in [0.717, 1.165) is 44.2 Å². The molecule has 0 amide bonds. The number of carboxylic acid groups (broad SMARTS) is 1. The average Bonchev–Trinajstić information content (AvgIpc) is 2.64. The lowest BCUT2D eigenvalue weighted by molar-refractivity contribution is 0.0697. The lowest BCUT2D eigenvalue weighted by Crippen LogP contribution is -2.46. The molecule has 25 heavy (non-hydrogen) atoms. The van der Waals surface area contributed by atoms with Crippen LogP contribution in [0.2, 0.25) is 0 Å². The summed E-state index contributed by atoms with van der Waals surface area (Å²) in [6, 6.07) is 6.44. The van der Waals surface area contributed by atoms with E-state index >= 15 is 0 Å². The molecule has 0 bridgehead atoms. The SMILES string of the molecule is CCN1CCN(c2ncnc(Nc3ccc(C(=O)O)cc3)c2N)CC1. The maximum atomic E-state index is 10.9. The second kappa shape index (κ2) is 7.35. The minimum Gasteiger partial charge on any atom is -0.478 e. The van der Waals surface area contributed by atoms with Gasteiger partial charge >= 0.3 is 5.97 Å². The van der Waals surface area contributed by atoms with Crippen LogP contribution in [0.25, 0.3) is 0 Å². The van der Waals surface area contributed by atoms with Crippen molar-refractivity contribution in [2.45, 2.75) is 6.92 Å². The standard InChI is InChI=1S/C17H22N6O2/c1-2-22-7-9-23(10-8-22)16-14(18)15(19-11-20-16)21-13-5-3-12(4-6-13)17(24)25/h3-6,11H,2,7-10,18H2,1H3,(H,24,25)(H,19,20,21). The highest BCUT2D eigenvalue weighted by Gasteiger charge is 2.20. The predicted molar refractivity (Wildman–Crippen MR) is 97.5 cm³/mol. The van der Waals surface area contributed by atoms with Gasteiger partial charge in [-0.1, -0.05) is 6.92 Å². The van der Waals surface area contributed by atoms with E-state index in [1.54, 1.807) is 12.1 Å². The van der Waals surface area contributed by atoms with Crippen molar-refractivity contribution in [2.75, 3.05) is 48.7 Å². The highest BCUT2D eigenvalue weighted by atomic mass is 16.4. The Labute approximate surface area is 146 Å². The number of benzene rings is 1. The fourth-order valence-electron chi connectivity index (χ4n) is 2.85. The third kappa shape index (κ3) is 3.80. The number of aromatic carboxylic acids is 1. The lowest BCUT2D eigenvalue weighted by Gasteiger charge is -2.35. The van der Waals surface area contributed by atoms with Crippen molar-refractivity contribution in [1.82, 2.24) is 14.9 Å². The van der Waals surface area contributed by atoms with Crippen molar-refractivity contribution in [3.8, 4) is 0 Å². The summed E-state index contributed by atoms with van der Waals surface area (Å²) in [6.07, 6.45) is 1.49. The van der Waals surface area contributed by atoms with E-state index < -0.39 is 5.97 Å². The Bertz CT molecular complexity index is 741. The van der Waals surface area contributed by atoms with Gasteiger partial charge in [0.15, 0.2) is 11.6 Å². The van der Waals surface area contributed by atoms with E-state index in [-0.39, 0.29) is 5.56 Å². The van der Waals surface area contributed by atoms with Crippen LogP contribution in [0.1, 0.15) is 17.3 Å². The number of nitrogens with zero attached hydrogens (tertiary/aromatic N) is 4. The summed E-state index contributed by atoms with van der Waals surface area (Å²) in [6.45, 7) is 6.93. The minimum atomic E-state index is -0.957. The van der Waals surface area contributed by atoms with Gasteiger partial charge < -0.3 is 26.0 Å². The molecule has 1 saturated heterocycles. The van der Waals surface area contributed by atoms with Crippen molar-refractivity contribution >= 4 is 29.0 Å². The molecule has 4 N–H and O–H groups in total. The van der Waals surface area contributed by atoms with Crippen LogP contribution in [0, 0.1) is 0 Å². The summed E-state index contributed by atoms with van der Waals surface area (Å²) in [5.74, 6) is 0.294. The molecule has 0 saturated carbocycles. The number of hydrogen-bond acceptors (Lipinski definition) is 7. The van der Waals surface area contributed by atoms with Crippen LogP contribution in [0.4, 0.5) is 23.0 Å². The van der Waals surface area contributed by atoms with Crippen molar-refractivity contribution in [3.63, 3.8) is 0 Å². The molecule has 1 aliphatic rings. The molecule has 3 rings (SSSR count). The van der Waals surface area contributed by atoms with Crippen molar-refractivity contribution in [2.24, 2.45) is 0 Å². The molecule has 1 aromatic heterocycles. The Morgan fingerprint density at radius 2 is 1.88 bits per heavy atom. The van der Waals surface area contributed by atoms with Crippen LogP contribution in [-0.4, -0.2) is 58.7 Å². The van der Waals surface area contributed by atoms with E-state index in [9.17, 15) is 4.79 Å². The smallest absolute Gasteiger partial charge is 0.335 e. The fraction of sp³-hybridized carbons (Fsp3) is 0.353. The summed E-state index contributed by atoms with van der Waals surface area (Å²) in [4.78, 5) is 24.0. The Kier molecular flexibility index (Phi) is 4.99. The summed E-state index contributed by atoms with van der Waals surface area (Å²) < 4.78 is 0. The van der Waals surface area contributed by atoms with Crippen molar-refractivity contribution < 1.29 is 9.90 Å². The van der Waals surface area contributed by atoms with Crippen LogP contribution in [0.15, 0.2) is 30.6 Å². The van der Waals surface area contributed by atoms with Crippen molar-refractivity contribution in [1.29, 1.82) is 0 Å². The molecule has 0 radical (unpaired) electrons. The molecule has 132 valence electrons. The minimum absolute atomic E-state index is 0.232. The molecule has 8 nitrogen and oxygen atoms in total. The highest BCUT2D eigenvalue weighted by molar-refractivity contribution is 5.88. The van der Waals surface area contributed by atoms with Gasteiger partial charge in [-0.15, -0.1) is 0 Å². The van der Waals surface area contributed by atoms with E-state index in [0.29, 0.717) is 11.5 Å². The zero-order chi connectivity index (χ0) is 17.8. The molecule has 8 heteroatoms. The molecular weight excluding hydrogens is 320 g/mol. The van der Waals surface area contributed by atoms with Crippen molar-refractivity contribution in [3.05, 3.63) is 36.2 Å². The monoisotopic (exact) mass is 342 g/mol. The summed E-state index contributed by atoms with van der Waals surface area (Å²) in [7, 11) is 0. The summed E-state index contributed by atoms with van der Waals surface area (Å²) in [5, 5.41) is 12.1. The van der Waals surface area contributed by atoms with E-state index in [4.69, 9.17) is 10.8 Å². The number of aromatic nitrogens is 2. The zero-order valence-corrected chi connectivity index (χ0v) is 14.1. The fourth-order valence-corrected chi connectivity index (χ4v) is 2.85. The molecule has 0 aliphatic carbocycles. The summed E-state index contributed by atoms with van der Waals surface area (Å²) >= 11 is 0. The number of nitrogens with two attached hydrogens (primary N) is 1. The molecule has 0 atom stereocenters. The van der Waals surface area contributed by atoms with Crippen LogP contribution in [0.5, 0.6) is 0 Å². The molecule has 1 aliphatic heterocycles. The van der Waals surface area contributed by atoms with Crippen LogP contribution < -0.4 is 16.0 Å². The number of hydrogen-bond donors (Lipinski definition) is 3. The number of nitrogens with one attached hydrogen (secondary N) is 1. The van der Waals surface area contributed by atoms with E-state index in [1.807, 2.05) is 0 Å². The number of carbonyl (C=O) groups is 1. The second-order valence-electron chi connectivity index (χ2n) is 5.89. The van der Waals surface area contributed by atoms with Gasteiger partial charge in [-0.3, -0.25) is 0 Å². The second-order valence-corrected chi connectivity index (χ2v) is 5.89. The molecule has 2 aromatic rings. The third-order valence-corrected chi connectivity index (χ3v) is 4.38. The van der Waals surface area contributed by atoms with Gasteiger partial charge in [-0.25, -0.2) is 14.8 Å². The number of piperazine rings is 1. The first-order valence-electron chi connectivity index (χ1n) is 8.26. The van der Waals surface area contributed by atoms with Crippen LogP contribution >= 0.6 is 0 Å². The first-order chi connectivity index (χ1) is 12.1. The largest absolute Gasteiger partial charge is 0.478 e. The number of rotatable bonds is 5. The Morgan fingerprint density at radius 3 is 2.48 bits per heavy atom. The normalized spacial score (nSPS) is 15.2. The van der Waals surface area contributed by atoms with E-state index in [1.165, 1.54) is 18.5 Å². The highest BCUT2D eigenvalue weighted by Crippen LogP contribution is 2.29. The van der Waals surface area contributed by atoms with Gasteiger partial charge in [-0.05, 0) is 30.8 Å². The summed E-state index contributed by atoms with van der Waals surface area (Å²) in [5.41, 5.74) is 7.72. The Morgan fingerprint density at radius 1 is 1.20 bits per heavy atom. The first kappa shape index (κ1) is 17.0. The molecule has 0 unspecified atom stereocenters. The number of nitrogen functional groups attached to an aromatic ring is 1. The Balaban J connectivity index is 1.76. The first-order valence-corrected chi connectivity index (χ1v) is 8.26. The molecule has 1 fully saturated rings.